The Hall–Kier alpha value is -2.17. The van der Waals surface area contributed by atoms with E-state index >= 15 is 0 Å². The third-order valence-corrected chi connectivity index (χ3v) is 4.56. The van der Waals surface area contributed by atoms with E-state index in [0.717, 1.165) is 28.3 Å². The second kappa shape index (κ2) is 5.55. The predicted molar refractivity (Wildman–Crippen MR) is 91.4 cm³/mol. The van der Waals surface area contributed by atoms with E-state index in [1.807, 2.05) is 29.8 Å². The number of fused-ring (bicyclic) bond motifs is 1. The minimum Gasteiger partial charge on any atom is -0.333 e. The summed E-state index contributed by atoms with van der Waals surface area (Å²) in [7, 11) is 0. The summed E-state index contributed by atoms with van der Waals surface area (Å²) in [6, 6.07) is 16.3. The maximum absolute atomic E-state index is 6.03. The highest BCUT2D eigenvalue weighted by atomic mass is 35.5. The summed E-state index contributed by atoms with van der Waals surface area (Å²) in [5.41, 5.74) is 4.28. The van der Waals surface area contributed by atoms with Crippen molar-refractivity contribution in [2.24, 2.45) is 0 Å². The summed E-state index contributed by atoms with van der Waals surface area (Å²) in [6.45, 7) is 0.780. The maximum atomic E-state index is 6.03. The van der Waals surface area contributed by atoms with Crippen LogP contribution in [0.25, 0.3) is 21.7 Å². The van der Waals surface area contributed by atoms with Crippen molar-refractivity contribution in [1.82, 2.24) is 14.5 Å². The first-order chi connectivity index (χ1) is 10.8. The van der Waals surface area contributed by atoms with Crippen molar-refractivity contribution in [3.05, 3.63) is 70.8 Å². The zero-order valence-electron chi connectivity index (χ0n) is 11.6. The fourth-order valence-corrected chi connectivity index (χ4v) is 3.39. The van der Waals surface area contributed by atoms with E-state index in [1.165, 1.54) is 5.56 Å². The molecule has 0 saturated carbocycles. The van der Waals surface area contributed by atoms with Crippen LogP contribution in [0.3, 0.4) is 0 Å². The molecule has 5 heteroatoms. The van der Waals surface area contributed by atoms with Crippen LogP contribution in [-0.2, 0) is 6.54 Å². The molecule has 0 N–H and O–H groups in total. The van der Waals surface area contributed by atoms with E-state index in [1.54, 1.807) is 11.3 Å². The van der Waals surface area contributed by atoms with E-state index in [0.29, 0.717) is 5.15 Å². The molecule has 0 saturated heterocycles. The van der Waals surface area contributed by atoms with Crippen LogP contribution < -0.4 is 0 Å². The van der Waals surface area contributed by atoms with Crippen molar-refractivity contribution in [1.29, 1.82) is 0 Å². The molecule has 0 fully saturated rings. The Morgan fingerprint density at radius 3 is 2.73 bits per heavy atom. The fourth-order valence-electron chi connectivity index (χ4n) is 2.58. The molecule has 0 spiro atoms. The molecule has 0 radical (unpaired) electrons. The quantitative estimate of drug-likeness (QED) is 0.503. The van der Waals surface area contributed by atoms with Crippen molar-refractivity contribution in [2.45, 2.75) is 6.54 Å². The second-order valence-corrected chi connectivity index (χ2v) is 6.26. The van der Waals surface area contributed by atoms with Crippen LogP contribution in [0, 0.1) is 0 Å². The molecule has 108 valence electrons. The molecule has 0 amide bonds. The van der Waals surface area contributed by atoms with Gasteiger partial charge in [0.15, 0.2) is 0 Å². The summed E-state index contributed by atoms with van der Waals surface area (Å²) in [4.78, 5) is 8.87. The molecule has 1 aromatic carbocycles. The number of halogens is 1. The number of thiazole rings is 1. The topological polar surface area (TPSA) is 30.7 Å². The van der Waals surface area contributed by atoms with Gasteiger partial charge in [-0.05, 0) is 23.8 Å². The number of pyridine rings is 1. The average molecular weight is 326 g/mol. The first-order valence-corrected chi connectivity index (χ1v) is 8.16. The van der Waals surface area contributed by atoms with E-state index in [-0.39, 0.29) is 0 Å². The lowest BCUT2D eigenvalue weighted by Crippen LogP contribution is -2.01. The van der Waals surface area contributed by atoms with Crippen LogP contribution >= 0.6 is 22.9 Å². The predicted octanol–water partition coefficient (Wildman–Crippen LogP) is 4.86. The lowest BCUT2D eigenvalue weighted by molar-refractivity contribution is 0.843. The lowest BCUT2D eigenvalue weighted by Gasteiger charge is -2.09. The molecule has 0 unspecified atom stereocenters. The molecular weight excluding hydrogens is 314 g/mol. The number of hydrogen-bond donors (Lipinski definition) is 0. The molecule has 0 aliphatic rings. The number of hydrogen-bond acceptors (Lipinski definition) is 3. The van der Waals surface area contributed by atoms with Gasteiger partial charge in [-0.1, -0.05) is 41.9 Å². The van der Waals surface area contributed by atoms with Crippen molar-refractivity contribution >= 4 is 34.0 Å². The third-order valence-electron chi connectivity index (χ3n) is 3.56. The first-order valence-electron chi connectivity index (χ1n) is 6.91. The highest BCUT2D eigenvalue weighted by Gasteiger charge is 2.14. The van der Waals surface area contributed by atoms with Gasteiger partial charge in [0.05, 0.1) is 16.7 Å². The number of benzene rings is 1. The molecule has 4 aromatic rings. The van der Waals surface area contributed by atoms with Gasteiger partial charge in [-0.25, -0.2) is 9.97 Å². The minimum absolute atomic E-state index is 0.509. The van der Waals surface area contributed by atoms with Crippen molar-refractivity contribution in [2.75, 3.05) is 0 Å². The maximum Gasteiger partial charge on any atom is 0.139 e. The van der Waals surface area contributed by atoms with E-state index < -0.39 is 0 Å². The van der Waals surface area contributed by atoms with Crippen molar-refractivity contribution < 1.29 is 0 Å². The molecule has 0 aliphatic carbocycles. The summed E-state index contributed by atoms with van der Waals surface area (Å²) >= 11 is 7.66. The Morgan fingerprint density at radius 2 is 1.95 bits per heavy atom. The third kappa shape index (κ3) is 2.40. The molecule has 3 heterocycles. The smallest absolute Gasteiger partial charge is 0.139 e. The van der Waals surface area contributed by atoms with Crippen LogP contribution in [0.1, 0.15) is 5.56 Å². The number of nitrogens with zero attached hydrogens (tertiary/aromatic N) is 3. The van der Waals surface area contributed by atoms with Crippen LogP contribution in [0.5, 0.6) is 0 Å². The normalized spacial score (nSPS) is 11.1. The second-order valence-electron chi connectivity index (χ2n) is 4.98. The first kappa shape index (κ1) is 13.5. The Bertz CT molecular complexity index is 914. The molecule has 4 rings (SSSR count). The molecule has 3 aromatic heterocycles. The van der Waals surface area contributed by atoms with Crippen LogP contribution in [-0.4, -0.2) is 14.5 Å². The van der Waals surface area contributed by atoms with Crippen LogP contribution in [0.15, 0.2) is 60.1 Å². The summed E-state index contributed by atoms with van der Waals surface area (Å²) in [6.07, 6.45) is 1.82. The zero-order chi connectivity index (χ0) is 14.9. The molecule has 0 atom stereocenters. The Morgan fingerprint density at radius 1 is 1.09 bits per heavy atom. The summed E-state index contributed by atoms with van der Waals surface area (Å²) in [5.74, 6) is 0. The van der Waals surface area contributed by atoms with Crippen LogP contribution in [0.2, 0.25) is 5.15 Å². The largest absolute Gasteiger partial charge is 0.333 e. The molecule has 3 nitrogen and oxygen atoms in total. The zero-order valence-corrected chi connectivity index (χ0v) is 13.2. The molecule has 22 heavy (non-hydrogen) atoms. The van der Waals surface area contributed by atoms with Gasteiger partial charge in [0.25, 0.3) is 0 Å². The van der Waals surface area contributed by atoms with Crippen molar-refractivity contribution in [3.8, 4) is 10.7 Å². The van der Waals surface area contributed by atoms with E-state index in [9.17, 15) is 0 Å². The van der Waals surface area contributed by atoms with Gasteiger partial charge < -0.3 is 4.57 Å². The summed E-state index contributed by atoms with van der Waals surface area (Å²) in [5, 5.41) is 3.49. The van der Waals surface area contributed by atoms with E-state index in [2.05, 4.69) is 44.9 Å². The highest BCUT2D eigenvalue weighted by Crippen LogP contribution is 2.30. The molecule has 0 aliphatic heterocycles. The highest BCUT2D eigenvalue weighted by molar-refractivity contribution is 7.13. The van der Waals surface area contributed by atoms with Gasteiger partial charge in [0.2, 0.25) is 0 Å². The monoisotopic (exact) mass is 325 g/mol. The lowest BCUT2D eigenvalue weighted by atomic mass is 10.2. The number of aromatic nitrogens is 3. The Kier molecular flexibility index (Phi) is 3.41. The van der Waals surface area contributed by atoms with E-state index in [4.69, 9.17) is 11.6 Å². The minimum atomic E-state index is 0.509. The Labute approximate surface area is 136 Å². The van der Waals surface area contributed by atoms with Crippen molar-refractivity contribution in [3.63, 3.8) is 0 Å². The fraction of sp³-hybridized carbons (Fsp3) is 0.0588. The van der Waals surface area contributed by atoms with Gasteiger partial charge in [-0.2, -0.15) is 0 Å². The van der Waals surface area contributed by atoms with Gasteiger partial charge in [0.1, 0.15) is 10.2 Å². The average Bonchev–Trinajstić information content (AvgIpc) is 3.16. The molecule has 0 bridgehead atoms. The Balaban J connectivity index is 1.92. The van der Waals surface area contributed by atoms with Crippen LogP contribution in [0.4, 0.5) is 0 Å². The van der Waals surface area contributed by atoms with Gasteiger partial charge >= 0.3 is 0 Å². The number of rotatable bonds is 3. The SMILES string of the molecule is Clc1ccc2c(cc(-c3nccs3)n2Cc2ccccc2)n1. The van der Waals surface area contributed by atoms with Gasteiger partial charge in [-0.3, -0.25) is 0 Å². The van der Waals surface area contributed by atoms with Gasteiger partial charge in [0, 0.05) is 18.1 Å². The molecular formula is C17H12ClN3S. The summed E-state index contributed by atoms with van der Waals surface area (Å²) < 4.78 is 2.24. The standard InChI is InChI=1S/C17H12ClN3S/c18-16-7-6-14-13(20-16)10-15(17-19-8-9-22-17)21(14)11-12-4-2-1-3-5-12/h1-10H,11H2. The van der Waals surface area contributed by atoms with Gasteiger partial charge in [-0.15, -0.1) is 11.3 Å².